The van der Waals surface area contributed by atoms with Gasteiger partial charge < -0.3 is 25.4 Å². The van der Waals surface area contributed by atoms with Gasteiger partial charge in [-0.2, -0.15) is 10.2 Å². The summed E-state index contributed by atoms with van der Waals surface area (Å²) in [5, 5.41) is 19.3. The molecular formula is C31H37IN8O3. The maximum Gasteiger partial charge on any atom is 0.229 e. The Bertz CT molecular complexity index is 1410. The highest BCUT2D eigenvalue weighted by Crippen LogP contribution is 2.30. The molecule has 0 spiro atoms. The molecule has 43 heavy (non-hydrogen) atoms. The monoisotopic (exact) mass is 696 g/mol. The van der Waals surface area contributed by atoms with E-state index in [-0.39, 0.29) is 5.91 Å². The summed E-state index contributed by atoms with van der Waals surface area (Å²) in [4.78, 5) is 26.5. The zero-order valence-electron chi connectivity index (χ0n) is 24.1. The van der Waals surface area contributed by atoms with Gasteiger partial charge in [-0.1, -0.05) is 40.8 Å². The summed E-state index contributed by atoms with van der Waals surface area (Å²) in [5.41, 5.74) is 4.16. The summed E-state index contributed by atoms with van der Waals surface area (Å²) >= 11 is 2.32. The van der Waals surface area contributed by atoms with E-state index in [4.69, 9.17) is 9.47 Å². The molecule has 2 aromatic carbocycles. The zero-order valence-corrected chi connectivity index (χ0v) is 26.3. The van der Waals surface area contributed by atoms with Gasteiger partial charge in [-0.15, -0.1) is 0 Å². The number of amides is 1. The number of rotatable bonds is 4. The molecule has 0 aliphatic carbocycles. The van der Waals surface area contributed by atoms with Crippen LogP contribution in [0.4, 0.5) is 23.1 Å². The van der Waals surface area contributed by atoms with Crippen molar-refractivity contribution in [3.05, 3.63) is 65.4 Å². The van der Waals surface area contributed by atoms with E-state index in [2.05, 4.69) is 76.5 Å². The Morgan fingerprint density at radius 2 is 1.81 bits per heavy atom. The number of halogens is 1. The minimum absolute atomic E-state index is 0.0419. The fraction of sp³-hybridized carbons (Fsp3) is 0.419. The van der Waals surface area contributed by atoms with Gasteiger partial charge in [0.15, 0.2) is 5.82 Å². The third kappa shape index (κ3) is 9.24. The molecule has 1 aromatic heterocycles. The number of nitrogens with zero attached hydrogens (tertiary/aromatic N) is 5. The van der Waals surface area contributed by atoms with E-state index in [0.29, 0.717) is 55.6 Å². The number of anilines is 4. The number of aromatic nitrogens is 2. The molecule has 0 radical (unpaired) electrons. The molecule has 12 heteroatoms. The predicted molar refractivity (Wildman–Crippen MR) is 174 cm³/mol. The average molecular weight is 697 g/mol. The fourth-order valence-electron chi connectivity index (χ4n) is 4.92. The summed E-state index contributed by atoms with van der Waals surface area (Å²) in [6.07, 6.45) is 2.62. The van der Waals surface area contributed by atoms with Gasteiger partial charge in [0.1, 0.15) is 17.4 Å². The fourth-order valence-corrected chi connectivity index (χ4v) is 5.39. The number of alkyl halides is 1. The SMILES string of the molecule is N#Cc1cnc2nc1Nc1ccc(cc1)CN(CCN1CCOCC1)CCC(=O)NCCCOc1ccc(CI)cc1N2. The topological polar surface area (TPSA) is 128 Å². The Labute approximate surface area is 266 Å². The highest BCUT2D eigenvalue weighted by atomic mass is 127. The molecule has 1 saturated heterocycles. The van der Waals surface area contributed by atoms with Crippen LogP contribution in [-0.2, 0) is 20.5 Å². The van der Waals surface area contributed by atoms with Crippen molar-refractivity contribution >= 4 is 51.6 Å². The van der Waals surface area contributed by atoms with E-state index in [1.807, 2.05) is 30.3 Å². The van der Waals surface area contributed by atoms with Gasteiger partial charge in [-0.25, -0.2) is 4.98 Å². The molecule has 1 fully saturated rings. The van der Waals surface area contributed by atoms with Crippen LogP contribution in [0.2, 0.25) is 0 Å². The number of ether oxygens (including phenoxy) is 2. The number of hydrogen-bond donors (Lipinski definition) is 3. The molecule has 3 aliphatic heterocycles. The lowest BCUT2D eigenvalue weighted by Crippen LogP contribution is -2.42. The number of nitrogens with one attached hydrogen (secondary N) is 3. The van der Waals surface area contributed by atoms with Gasteiger partial charge in [0, 0.05) is 62.3 Å². The van der Waals surface area contributed by atoms with Crippen LogP contribution in [0.5, 0.6) is 5.75 Å². The van der Waals surface area contributed by atoms with Crippen LogP contribution in [0.15, 0.2) is 48.7 Å². The number of morpholine rings is 1. The van der Waals surface area contributed by atoms with Crippen molar-refractivity contribution in [3.8, 4) is 11.8 Å². The molecule has 3 aromatic rings. The minimum atomic E-state index is 0.0419. The number of hydrogen-bond acceptors (Lipinski definition) is 10. The number of nitriles is 1. The second-order valence-electron chi connectivity index (χ2n) is 10.5. The Balaban J connectivity index is 1.37. The van der Waals surface area contributed by atoms with Crippen LogP contribution < -0.4 is 20.7 Å². The summed E-state index contributed by atoms with van der Waals surface area (Å²) in [6, 6.07) is 16.2. The lowest BCUT2D eigenvalue weighted by Gasteiger charge is -2.30. The van der Waals surface area contributed by atoms with E-state index < -0.39 is 0 Å². The third-order valence-electron chi connectivity index (χ3n) is 7.37. The first kappa shape index (κ1) is 30.9. The van der Waals surface area contributed by atoms with E-state index in [0.717, 1.165) is 72.9 Å². The molecule has 3 N–H and O–H groups in total. The first-order chi connectivity index (χ1) is 21.1. The standard InChI is InChI=1S/C31H37IN8O3/c32-19-24-4-7-28-27(18-24)37-31-35-21-25(20-33)30(38-31)36-26-5-2-23(3-6-26)22-40(12-11-39-13-16-42-17-14-39)10-8-29(41)34-9-1-15-43-28/h2-7,18,21H,1,8-17,19,22H2,(H,34,41)(H2,35,36,37,38). The van der Waals surface area contributed by atoms with Crippen molar-refractivity contribution in [2.75, 3.05) is 69.7 Å². The molecule has 0 atom stereocenters. The molecule has 1 amide bonds. The van der Waals surface area contributed by atoms with Crippen molar-refractivity contribution in [2.24, 2.45) is 0 Å². The summed E-state index contributed by atoms with van der Waals surface area (Å²) in [5.74, 6) is 1.48. The van der Waals surface area contributed by atoms with E-state index in [1.54, 1.807) is 0 Å². The molecule has 4 heterocycles. The molecule has 0 unspecified atom stereocenters. The van der Waals surface area contributed by atoms with Crippen LogP contribution in [0.25, 0.3) is 0 Å². The second-order valence-corrected chi connectivity index (χ2v) is 11.3. The van der Waals surface area contributed by atoms with Crippen molar-refractivity contribution in [1.29, 1.82) is 5.26 Å². The molecule has 6 rings (SSSR count). The van der Waals surface area contributed by atoms with Crippen molar-refractivity contribution in [1.82, 2.24) is 25.1 Å². The summed E-state index contributed by atoms with van der Waals surface area (Å²) in [6.45, 7) is 7.58. The number of benzene rings is 2. The van der Waals surface area contributed by atoms with Gasteiger partial charge in [0.05, 0.1) is 31.7 Å². The first-order valence-electron chi connectivity index (χ1n) is 14.6. The summed E-state index contributed by atoms with van der Waals surface area (Å²) in [7, 11) is 0. The number of fused-ring (bicyclic) bond motifs is 11. The Morgan fingerprint density at radius 1 is 1.00 bits per heavy atom. The van der Waals surface area contributed by atoms with Gasteiger partial charge in [0.2, 0.25) is 11.9 Å². The number of carbonyl (C=O) groups excluding carboxylic acids is 1. The Morgan fingerprint density at radius 3 is 2.60 bits per heavy atom. The Kier molecular flexibility index (Phi) is 11.4. The van der Waals surface area contributed by atoms with Crippen molar-refractivity contribution in [3.63, 3.8) is 0 Å². The zero-order chi connectivity index (χ0) is 29.9. The molecule has 11 nitrogen and oxygen atoms in total. The highest BCUT2D eigenvalue weighted by Gasteiger charge is 2.16. The predicted octanol–water partition coefficient (Wildman–Crippen LogP) is 4.19. The smallest absolute Gasteiger partial charge is 0.229 e. The van der Waals surface area contributed by atoms with Gasteiger partial charge in [-0.3, -0.25) is 14.6 Å². The van der Waals surface area contributed by atoms with Gasteiger partial charge >= 0.3 is 0 Å². The quantitative estimate of drug-likeness (QED) is 0.270. The first-order valence-corrected chi connectivity index (χ1v) is 16.1. The van der Waals surface area contributed by atoms with E-state index in [1.165, 1.54) is 6.20 Å². The van der Waals surface area contributed by atoms with Gasteiger partial charge in [-0.05, 0) is 41.8 Å². The minimum Gasteiger partial charge on any atom is -0.491 e. The van der Waals surface area contributed by atoms with E-state index in [9.17, 15) is 10.1 Å². The number of carbonyl (C=O) groups is 1. The average Bonchev–Trinajstić information content (AvgIpc) is 3.04. The van der Waals surface area contributed by atoms with Crippen LogP contribution in [0, 0.1) is 11.3 Å². The van der Waals surface area contributed by atoms with Crippen LogP contribution in [0.1, 0.15) is 29.5 Å². The largest absolute Gasteiger partial charge is 0.491 e. The van der Waals surface area contributed by atoms with Crippen LogP contribution in [0.3, 0.4) is 0 Å². The Hall–Kier alpha value is -3.51. The molecule has 0 saturated carbocycles. The highest BCUT2D eigenvalue weighted by molar-refractivity contribution is 14.1. The molecule has 226 valence electrons. The second kappa shape index (κ2) is 15.8. The van der Waals surface area contributed by atoms with Crippen molar-refractivity contribution < 1.29 is 14.3 Å². The maximum atomic E-state index is 12.7. The normalized spacial score (nSPS) is 17.3. The van der Waals surface area contributed by atoms with Crippen molar-refractivity contribution in [2.45, 2.75) is 23.8 Å². The molecular weight excluding hydrogens is 659 g/mol. The summed E-state index contributed by atoms with van der Waals surface area (Å²) < 4.78 is 12.4. The lowest BCUT2D eigenvalue weighted by molar-refractivity contribution is -0.121. The maximum absolute atomic E-state index is 12.7. The lowest BCUT2D eigenvalue weighted by atomic mass is 10.1. The molecule has 3 aliphatic rings. The van der Waals surface area contributed by atoms with Crippen LogP contribution >= 0.6 is 22.6 Å². The van der Waals surface area contributed by atoms with E-state index >= 15 is 0 Å². The van der Waals surface area contributed by atoms with Crippen LogP contribution in [-0.4, -0.2) is 84.8 Å². The molecule has 4 bridgehead atoms. The van der Waals surface area contributed by atoms with Gasteiger partial charge in [0.25, 0.3) is 0 Å². The third-order valence-corrected chi connectivity index (χ3v) is 8.25.